The number of rotatable bonds is 6. The van der Waals surface area contributed by atoms with Crippen LogP contribution in [0.25, 0.3) is 10.8 Å². The average molecular weight is 560 g/mol. The molecule has 0 unspecified atom stereocenters. The first kappa shape index (κ1) is 26.4. The molecular formula is C25H19Cl2N3O6S. The predicted octanol–water partition coefficient (Wildman–Crippen LogP) is 7.08. The normalized spacial score (nSPS) is 11.7. The molecule has 0 saturated heterocycles. The Labute approximate surface area is 222 Å². The summed E-state index contributed by atoms with van der Waals surface area (Å²) in [6, 6.07) is 15.4. The Bertz CT molecular complexity index is 1690. The Morgan fingerprint density at radius 1 is 0.973 bits per heavy atom. The first-order valence-corrected chi connectivity index (χ1v) is 12.8. The third-order valence-electron chi connectivity index (χ3n) is 5.50. The lowest BCUT2D eigenvalue weighted by Crippen LogP contribution is -2.12. The number of phenols is 1. The second kappa shape index (κ2) is 10.3. The van der Waals surface area contributed by atoms with Gasteiger partial charge in [-0.15, -0.1) is 10.2 Å². The molecule has 0 aliphatic heterocycles. The number of amides is 1. The van der Waals surface area contributed by atoms with Crippen molar-refractivity contribution in [2.45, 2.75) is 11.8 Å². The van der Waals surface area contributed by atoms with Gasteiger partial charge in [-0.05, 0) is 48.2 Å². The van der Waals surface area contributed by atoms with E-state index in [4.69, 9.17) is 27.9 Å². The van der Waals surface area contributed by atoms with Crippen LogP contribution in [0.15, 0.2) is 75.8 Å². The molecule has 3 N–H and O–H groups in total. The first-order valence-electron chi connectivity index (χ1n) is 10.6. The number of hydrogen-bond donors (Lipinski definition) is 3. The molecule has 1 amide bonds. The van der Waals surface area contributed by atoms with E-state index in [0.717, 1.165) is 6.07 Å². The van der Waals surface area contributed by atoms with E-state index in [-0.39, 0.29) is 27.5 Å². The van der Waals surface area contributed by atoms with E-state index in [1.165, 1.54) is 32.2 Å². The quantitative estimate of drug-likeness (QED) is 0.170. The number of anilines is 1. The maximum Gasteiger partial charge on any atom is 0.296 e. The number of carbonyl (C=O) groups excluding carboxylic acids is 1. The van der Waals surface area contributed by atoms with Gasteiger partial charge >= 0.3 is 0 Å². The Hall–Kier alpha value is -3.70. The maximum absolute atomic E-state index is 13.1. The summed E-state index contributed by atoms with van der Waals surface area (Å²) in [7, 11) is -3.21. The Balaban J connectivity index is 1.84. The fourth-order valence-electron chi connectivity index (χ4n) is 3.61. The van der Waals surface area contributed by atoms with Crippen LogP contribution in [0.5, 0.6) is 11.5 Å². The van der Waals surface area contributed by atoms with E-state index >= 15 is 0 Å². The molecule has 9 nitrogen and oxygen atoms in total. The molecule has 0 heterocycles. The van der Waals surface area contributed by atoms with E-state index in [1.807, 2.05) is 0 Å². The molecule has 4 aromatic carbocycles. The second-order valence-corrected chi connectivity index (χ2v) is 10.0. The topological polar surface area (TPSA) is 138 Å². The van der Waals surface area contributed by atoms with E-state index < -0.39 is 26.7 Å². The molecular weight excluding hydrogens is 541 g/mol. The van der Waals surface area contributed by atoms with Crippen LogP contribution >= 0.6 is 23.2 Å². The first-order chi connectivity index (χ1) is 17.5. The molecule has 12 heteroatoms. The van der Waals surface area contributed by atoms with Crippen LogP contribution in [0.2, 0.25) is 10.0 Å². The largest absolute Gasteiger partial charge is 0.505 e. The van der Waals surface area contributed by atoms with Crippen molar-refractivity contribution >= 4 is 67.1 Å². The molecule has 37 heavy (non-hydrogen) atoms. The molecule has 4 rings (SSSR count). The van der Waals surface area contributed by atoms with Crippen molar-refractivity contribution in [2.75, 3.05) is 12.4 Å². The number of carbonyl (C=O) groups is 1. The third kappa shape index (κ3) is 5.37. The summed E-state index contributed by atoms with van der Waals surface area (Å²) in [6.45, 7) is 1.51. The molecule has 190 valence electrons. The Kier molecular flexibility index (Phi) is 7.37. The molecule has 4 aromatic rings. The number of nitrogens with zero attached hydrogens (tertiary/aromatic N) is 2. The van der Waals surface area contributed by atoms with Crippen LogP contribution < -0.4 is 10.1 Å². The highest BCUT2D eigenvalue weighted by Crippen LogP contribution is 2.41. The van der Waals surface area contributed by atoms with Crippen LogP contribution in [0.4, 0.5) is 17.1 Å². The van der Waals surface area contributed by atoms with E-state index in [2.05, 4.69) is 15.5 Å². The van der Waals surface area contributed by atoms with Gasteiger partial charge in [0.05, 0.1) is 17.7 Å². The second-order valence-electron chi connectivity index (χ2n) is 7.84. The number of halogens is 2. The molecule has 0 saturated carbocycles. The average Bonchev–Trinajstić information content (AvgIpc) is 2.85. The van der Waals surface area contributed by atoms with Gasteiger partial charge in [0.2, 0.25) is 0 Å². The van der Waals surface area contributed by atoms with Crippen LogP contribution in [-0.2, 0) is 10.1 Å². The highest BCUT2D eigenvalue weighted by molar-refractivity contribution is 7.86. The number of methoxy groups -OCH3 is 1. The fourth-order valence-corrected chi connectivity index (χ4v) is 4.64. The number of aromatic hydroxyl groups is 1. The SMILES string of the molecule is COc1cc(NC(=O)c2cc3ccccc3c(N=Nc3c(S(=O)(=O)O)ccc(Cl)c3C)c2O)ccc1Cl. The zero-order valence-corrected chi connectivity index (χ0v) is 21.7. The summed E-state index contributed by atoms with van der Waals surface area (Å²) < 4.78 is 38.6. The summed E-state index contributed by atoms with van der Waals surface area (Å²) in [5.74, 6) is -0.793. The fraction of sp³-hybridized carbons (Fsp3) is 0.0800. The van der Waals surface area contributed by atoms with E-state index in [1.54, 1.807) is 36.4 Å². The lowest BCUT2D eigenvalue weighted by atomic mass is 10.0. The van der Waals surface area contributed by atoms with Crippen molar-refractivity contribution in [1.82, 2.24) is 0 Å². The van der Waals surface area contributed by atoms with Crippen LogP contribution in [0, 0.1) is 6.92 Å². The van der Waals surface area contributed by atoms with Gasteiger partial charge in [0.15, 0.2) is 5.75 Å². The van der Waals surface area contributed by atoms with Crippen molar-refractivity contribution in [3.8, 4) is 11.5 Å². The molecule has 0 radical (unpaired) electrons. The van der Waals surface area contributed by atoms with Crippen molar-refractivity contribution in [3.05, 3.63) is 81.8 Å². The number of hydrogen-bond acceptors (Lipinski definition) is 7. The van der Waals surface area contributed by atoms with Crippen LogP contribution in [0.3, 0.4) is 0 Å². The summed E-state index contributed by atoms with van der Waals surface area (Å²) >= 11 is 12.2. The van der Waals surface area contributed by atoms with E-state index in [9.17, 15) is 22.9 Å². The number of phenolic OH excluding ortho intramolecular Hbond substituents is 1. The lowest BCUT2D eigenvalue weighted by molar-refractivity contribution is 0.102. The minimum absolute atomic E-state index is 0.0856. The monoisotopic (exact) mass is 559 g/mol. The van der Waals surface area contributed by atoms with Gasteiger partial charge in [-0.2, -0.15) is 8.42 Å². The molecule has 0 bridgehead atoms. The number of fused-ring (bicyclic) bond motifs is 1. The van der Waals surface area contributed by atoms with E-state index in [0.29, 0.717) is 27.2 Å². The zero-order valence-electron chi connectivity index (χ0n) is 19.4. The molecule has 0 aliphatic rings. The summed E-state index contributed by atoms with van der Waals surface area (Å²) in [5.41, 5.74) is 0.211. The summed E-state index contributed by atoms with van der Waals surface area (Å²) in [4.78, 5) is 12.6. The van der Waals surface area contributed by atoms with Gasteiger partial charge < -0.3 is 15.2 Å². The predicted molar refractivity (Wildman–Crippen MR) is 142 cm³/mol. The van der Waals surface area contributed by atoms with Gasteiger partial charge in [0, 0.05) is 22.2 Å². The summed E-state index contributed by atoms with van der Waals surface area (Å²) in [5, 5.41) is 23.4. The van der Waals surface area contributed by atoms with Crippen molar-refractivity contribution in [3.63, 3.8) is 0 Å². The van der Waals surface area contributed by atoms with Gasteiger partial charge in [-0.3, -0.25) is 9.35 Å². The van der Waals surface area contributed by atoms with Crippen LogP contribution in [0.1, 0.15) is 15.9 Å². The van der Waals surface area contributed by atoms with Crippen LogP contribution in [-0.4, -0.2) is 31.1 Å². The highest BCUT2D eigenvalue weighted by Gasteiger charge is 2.21. The van der Waals surface area contributed by atoms with Gasteiger partial charge in [-0.25, -0.2) is 0 Å². The standard InChI is InChI=1S/C25H19Cl2N3O6S/c1-13-18(26)9-10-21(37(33,34)35)22(13)29-30-23-16-6-4-3-5-14(16)11-17(24(23)31)25(32)28-15-7-8-19(27)20(12-15)36-2/h3-12,31H,1-2H3,(H,28,32)(H,33,34,35). The minimum atomic E-state index is -4.65. The zero-order chi connectivity index (χ0) is 26.9. The smallest absolute Gasteiger partial charge is 0.296 e. The van der Waals surface area contributed by atoms with Gasteiger partial charge in [0.1, 0.15) is 22.0 Å². The highest BCUT2D eigenvalue weighted by atomic mass is 35.5. The van der Waals surface area contributed by atoms with Crippen molar-refractivity contribution < 1.29 is 27.6 Å². The summed E-state index contributed by atoms with van der Waals surface area (Å²) in [6.07, 6.45) is 0. The number of benzene rings is 4. The van der Waals surface area contributed by atoms with Crippen molar-refractivity contribution in [1.29, 1.82) is 0 Å². The maximum atomic E-state index is 13.1. The Morgan fingerprint density at radius 2 is 1.65 bits per heavy atom. The molecule has 0 atom stereocenters. The third-order valence-corrected chi connectivity index (χ3v) is 7.11. The van der Waals surface area contributed by atoms with Gasteiger partial charge in [-0.1, -0.05) is 47.5 Å². The molecule has 0 spiro atoms. The molecule has 0 aromatic heterocycles. The number of nitrogens with one attached hydrogen (secondary N) is 1. The molecule has 0 aliphatic carbocycles. The minimum Gasteiger partial charge on any atom is -0.505 e. The number of ether oxygens (including phenoxy) is 1. The lowest BCUT2D eigenvalue weighted by Gasteiger charge is -2.12. The molecule has 0 fully saturated rings. The Morgan fingerprint density at radius 3 is 2.35 bits per heavy atom. The van der Waals surface area contributed by atoms with Gasteiger partial charge in [0.25, 0.3) is 16.0 Å². The van der Waals surface area contributed by atoms with Crippen molar-refractivity contribution in [2.24, 2.45) is 10.2 Å². The number of azo groups is 1.